The molecule has 0 bridgehead atoms. The minimum atomic E-state index is -4.65. The molecule has 0 atom stereocenters. The van der Waals surface area contributed by atoms with Crippen LogP contribution in [0.1, 0.15) is 5.56 Å². The van der Waals surface area contributed by atoms with Crippen molar-refractivity contribution < 1.29 is 21.6 Å². The third kappa shape index (κ3) is 2.85. The Bertz CT molecular complexity index is 479. The van der Waals surface area contributed by atoms with Crippen molar-refractivity contribution in [1.82, 2.24) is 0 Å². The Kier molecular flexibility index (Phi) is 3.02. The van der Waals surface area contributed by atoms with Crippen LogP contribution in [-0.4, -0.2) is 14.7 Å². The maximum absolute atomic E-state index is 12.3. The molecule has 0 unspecified atom stereocenters. The standard InChI is InChI=1S/C8H6ClF3O2S/c1-15(13,14)5-2-3-7(9)6(4-5)8(10,11)12/h2-4H,1H3. The van der Waals surface area contributed by atoms with Crippen molar-refractivity contribution >= 4 is 21.4 Å². The van der Waals surface area contributed by atoms with Crippen LogP contribution in [0.5, 0.6) is 0 Å². The number of hydrogen-bond acceptors (Lipinski definition) is 2. The van der Waals surface area contributed by atoms with Gasteiger partial charge in [-0.3, -0.25) is 0 Å². The highest BCUT2D eigenvalue weighted by molar-refractivity contribution is 7.90. The lowest BCUT2D eigenvalue weighted by molar-refractivity contribution is -0.137. The molecule has 0 N–H and O–H groups in total. The van der Waals surface area contributed by atoms with Gasteiger partial charge in [0.05, 0.1) is 15.5 Å². The molecule has 0 amide bonds. The van der Waals surface area contributed by atoms with Gasteiger partial charge < -0.3 is 0 Å². The van der Waals surface area contributed by atoms with E-state index in [4.69, 9.17) is 11.6 Å². The van der Waals surface area contributed by atoms with Gasteiger partial charge in [0.2, 0.25) is 0 Å². The van der Waals surface area contributed by atoms with Crippen molar-refractivity contribution in [3.63, 3.8) is 0 Å². The van der Waals surface area contributed by atoms with Crippen molar-refractivity contribution in [2.45, 2.75) is 11.1 Å². The first-order chi connectivity index (χ1) is 6.62. The summed E-state index contributed by atoms with van der Waals surface area (Å²) in [6, 6.07) is 2.48. The molecule has 15 heavy (non-hydrogen) atoms. The Hall–Kier alpha value is -0.750. The molecule has 84 valence electrons. The van der Waals surface area contributed by atoms with E-state index >= 15 is 0 Å². The first-order valence-corrected chi connectivity index (χ1v) is 5.96. The van der Waals surface area contributed by atoms with Crippen molar-refractivity contribution in [1.29, 1.82) is 0 Å². The van der Waals surface area contributed by atoms with E-state index in [-0.39, 0.29) is 0 Å². The number of halogens is 4. The molecule has 0 saturated heterocycles. The average molecular weight is 259 g/mol. The zero-order valence-electron chi connectivity index (χ0n) is 7.47. The van der Waals surface area contributed by atoms with Crippen LogP contribution in [-0.2, 0) is 16.0 Å². The van der Waals surface area contributed by atoms with Gasteiger partial charge in [0, 0.05) is 6.26 Å². The summed E-state index contributed by atoms with van der Waals surface area (Å²) in [6.07, 6.45) is -3.83. The van der Waals surface area contributed by atoms with E-state index in [0.29, 0.717) is 6.07 Å². The van der Waals surface area contributed by atoms with E-state index < -0.39 is 31.5 Å². The molecule has 1 aromatic carbocycles. The van der Waals surface area contributed by atoms with Crippen LogP contribution >= 0.6 is 11.6 Å². The van der Waals surface area contributed by atoms with Crippen LogP contribution in [0.2, 0.25) is 5.02 Å². The molecule has 0 aliphatic carbocycles. The Morgan fingerprint density at radius 2 is 1.80 bits per heavy atom. The normalized spacial score (nSPS) is 12.9. The molecule has 1 rings (SSSR count). The van der Waals surface area contributed by atoms with Crippen LogP contribution in [0.4, 0.5) is 13.2 Å². The summed E-state index contributed by atoms with van der Waals surface area (Å²) in [6.45, 7) is 0. The molecule has 0 saturated carbocycles. The lowest BCUT2D eigenvalue weighted by Crippen LogP contribution is -2.08. The second kappa shape index (κ2) is 3.68. The highest BCUT2D eigenvalue weighted by atomic mass is 35.5. The predicted molar refractivity (Wildman–Crippen MR) is 49.6 cm³/mol. The van der Waals surface area contributed by atoms with Crippen molar-refractivity contribution in [2.24, 2.45) is 0 Å². The van der Waals surface area contributed by atoms with E-state index in [1.807, 2.05) is 0 Å². The summed E-state index contributed by atoms with van der Waals surface area (Å²) in [5.74, 6) is 0. The molecule has 0 radical (unpaired) electrons. The zero-order valence-corrected chi connectivity index (χ0v) is 9.04. The van der Waals surface area contributed by atoms with Gasteiger partial charge in [0.1, 0.15) is 0 Å². The fraction of sp³-hybridized carbons (Fsp3) is 0.250. The lowest BCUT2D eigenvalue weighted by atomic mass is 10.2. The van der Waals surface area contributed by atoms with Crippen LogP contribution in [0.3, 0.4) is 0 Å². The number of sulfone groups is 1. The minimum absolute atomic E-state index is 0.403. The molecule has 0 heterocycles. The second-order valence-electron chi connectivity index (χ2n) is 2.91. The average Bonchev–Trinajstić information content (AvgIpc) is 2.00. The van der Waals surface area contributed by atoms with E-state index in [2.05, 4.69) is 0 Å². The smallest absolute Gasteiger partial charge is 0.224 e. The van der Waals surface area contributed by atoms with E-state index in [1.165, 1.54) is 0 Å². The molecule has 2 nitrogen and oxygen atoms in total. The molecular weight excluding hydrogens is 253 g/mol. The molecule has 0 spiro atoms. The number of benzene rings is 1. The Morgan fingerprint density at radius 1 is 1.27 bits per heavy atom. The molecule has 0 aliphatic rings. The lowest BCUT2D eigenvalue weighted by Gasteiger charge is -2.09. The third-order valence-electron chi connectivity index (χ3n) is 1.67. The highest BCUT2D eigenvalue weighted by Gasteiger charge is 2.34. The van der Waals surface area contributed by atoms with Crippen molar-refractivity contribution in [3.05, 3.63) is 28.8 Å². The Morgan fingerprint density at radius 3 is 2.20 bits per heavy atom. The van der Waals surface area contributed by atoms with Gasteiger partial charge in [0.15, 0.2) is 9.84 Å². The SMILES string of the molecule is CS(=O)(=O)c1ccc(Cl)c(C(F)(F)F)c1. The maximum Gasteiger partial charge on any atom is 0.417 e. The van der Waals surface area contributed by atoms with Crippen LogP contribution in [0, 0.1) is 0 Å². The quantitative estimate of drug-likeness (QED) is 0.776. The monoisotopic (exact) mass is 258 g/mol. The molecular formula is C8H6ClF3O2S. The van der Waals surface area contributed by atoms with E-state index in [1.54, 1.807) is 0 Å². The van der Waals surface area contributed by atoms with Crippen molar-refractivity contribution in [2.75, 3.05) is 6.26 Å². The first kappa shape index (κ1) is 12.3. The van der Waals surface area contributed by atoms with Gasteiger partial charge in [-0.2, -0.15) is 13.2 Å². The summed E-state index contributed by atoms with van der Waals surface area (Å²) in [7, 11) is -3.66. The fourth-order valence-corrected chi connectivity index (χ4v) is 1.82. The van der Waals surface area contributed by atoms with Gasteiger partial charge in [0.25, 0.3) is 0 Å². The summed E-state index contributed by atoms with van der Waals surface area (Å²) in [5.41, 5.74) is -1.15. The maximum atomic E-state index is 12.3. The largest absolute Gasteiger partial charge is 0.417 e. The number of hydrogen-bond donors (Lipinski definition) is 0. The highest BCUT2D eigenvalue weighted by Crippen LogP contribution is 2.35. The van der Waals surface area contributed by atoms with Gasteiger partial charge in [-0.1, -0.05) is 11.6 Å². The van der Waals surface area contributed by atoms with E-state index in [0.717, 1.165) is 18.4 Å². The first-order valence-electron chi connectivity index (χ1n) is 3.69. The summed E-state index contributed by atoms with van der Waals surface area (Å²) in [5, 5.41) is -0.519. The third-order valence-corrected chi connectivity index (χ3v) is 3.11. The minimum Gasteiger partial charge on any atom is -0.224 e. The number of rotatable bonds is 1. The Labute approximate surface area is 89.6 Å². The second-order valence-corrected chi connectivity index (χ2v) is 5.33. The Balaban J connectivity index is 3.43. The van der Waals surface area contributed by atoms with Crippen molar-refractivity contribution in [3.8, 4) is 0 Å². The molecule has 1 aromatic rings. The van der Waals surface area contributed by atoms with Gasteiger partial charge in [-0.05, 0) is 18.2 Å². The zero-order chi connectivity index (χ0) is 11.9. The molecule has 0 fully saturated rings. The predicted octanol–water partition coefficient (Wildman–Crippen LogP) is 2.76. The molecule has 0 aromatic heterocycles. The summed E-state index contributed by atoms with van der Waals surface area (Å²) < 4.78 is 59.0. The van der Waals surface area contributed by atoms with Gasteiger partial charge in [-0.25, -0.2) is 8.42 Å². The molecule has 7 heteroatoms. The van der Waals surface area contributed by atoms with Gasteiger partial charge >= 0.3 is 6.18 Å². The topological polar surface area (TPSA) is 34.1 Å². The van der Waals surface area contributed by atoms with Crippen LogP contribution in [0.25, 0.3) is 0 Å². The summed E-state index contributed by atoms with van der Waals surface area (Å²) >= 11 is 5.32. The molecule has 0 aliphatic heterocycles. The van der Waals surface area contributed by atoms with Gasteiger partial charge in [-0.15, -0.1) is 0 Å². The summed E-state index contributed by atoms with van der Waals surface area (Å²) in [4.78, 5) is -0.403. The fourth-order valence-electron chi connectivity index (χ4n) is 0.952. The van der Waals surface area contributed by atoms with Crippen LogP contribution in [0.15, 0.2) is 23.1 Å². The van der Waals surface area contributed by atoms with Crippen LogP contribution < -0.4 is 0 Å². The van der Waals surface area contributed by atoms with E-state index in [9.17, 15) is 21.6 Å². The number of alkyl halides is 3.